The van der Waals surface area contributed by atoms with E-state index in [1.54, 1.807) is 6.07 Å². The van der Waals surface area contributed by atoms with E-state index in [0.29, 0.717) is 0 Å². The maximum atomic E-state index is 12.6. The average molecular weight is 292 g/mol. The first kappa shape index (κ1) is 12.4. The maximum Gasteiger partial charge on any atom is 0.301 e. The van der Waals surface area contributed by atoms with Crippen LogP contribution in [-0.4, -0.2) is 9.91 Å². The molecule has 1 rings (SSSR count). The van der Waals surface area contributed by atoms with Gasteiger partial charge in [-0.3, -0.25) is 15.1 Å². The monoisotopic (exact) mass is 291 g/mol. The van der Waals surface area contributed by atoms with Crippen molar-refractivity contribution in [2.45, 2.75) is 12.8 Å². The molecule has 8 heteroatoms. The Balaban J connectivity index is 3.51. The quantitative estimate of drug-likeness (QED) is 0.633. The number of hydrogen-bond donors (Lipinski definition) is 0. The molecule has 0 fully saturated rings. The molecule has 0 saturated carbocycles. The highest BCUT2D eigenvalue weighted by molar-refractivity contribution is 9.10. The second kappa shape index (κ2) is 4.94. The minimum atomic E-state index is -3.00. The van der Waals surface area contributed by atoms with Gasteiger partial charge in [-0.1, -0.05) is 0 Å². The van der Waals surface area contributed by atoms with E-state index >= 15 is 0 Å². The van der Waals surface area contributed by atoms with Gasteiger partial charge in [-0.15, -0.1) is 0 Å². The van der Waals surface area contributed by atoms with E-state index in [4.69, 9.17) is 5.26 Å². The van der Waals surface area contributed by atoms with E-state index in [-0.39, 0.29) is 16.6 Å². The number of nitrogens with zero attached hydrogens (tertiary/aromatic N) is 3. The molecule has 0 amide bonds. The molecule has 0 aliphatic rings. The number of aromatic nitrogens is 1. The highest BCUT2D eigenvalue weighted by atomic mass is 79.9. The van der Waals surface area contributed by atoms with Gasteiger partial charge in [0.1, 0.15) is 11.3 Å². The summed E-state index contributed by atoms with van der Waals surface area (Å²) < 4.78 is 25.1. The Morgan fingerprint density at radius 3 is 2.75 bits per heavy atom. The van der Waals surface area contributed by atoms with Crippen LogP contribution < -0.4 is 0 Å². The van der Waals surface area contributed by atoms with Gasteiger partial charge in [-0.25, -0.2) is 8.78 Å². The summed E-state index contributed by atoms with van der Waals surface area (Å²) in [7, 11) is 0. The van der Waals surface area contributed by atoms with E-state index in [1.807, 2.05) is 0 Å². The fourth-order valence-electron chi connectivity index (χ4n) is 1.15. The molecule has 84 valence electrons. The number of hydrogen-bond acceptors (Lipinski definition) is 4. The van der Waals surface area contributed by atoms with Crippen molar-refractivity contribution in [3.05, 3.63) is 32.0 Å². The van der Waals surface area contributed by atoms with Gasteiger partial charge in [0, 0.05) is 6.20 Å². The zero-order chi connectivity index (χ0) is 12.3. The fraction of sp³-hybridized carbons (Fsp3) is 0.250. The summed E-state index contributed by atoms with van der Waals surface area (Å²) >= 11 is 2.77. The van der Waals surface area contributed by atoms with Gasteiger partial charge in [0.05, 0.1) is 21.9 Å². The number of halogens is 3. The molecule has 0 unspecified atom stereocenters. The summed E-state index contributed by atoms with van der Waals surface area (Å²) in [6, 6.07) is 1.64. The predicted octanol–water partition coefficient (Wildman–Crippen LogP) is 2.76. The van der Waals surface area contributed by atoms with Crippen molar-refractivity contribution in [2.24, 2.45) is 0 Å². The van der Waals surface area contributed by atoms with Gasteiger partial charge in [0.2, 0.25) is 0 Å². The predicted molar refractivity (Wildman–Crippen MR) is 52.9 cm³/mol. The van der Waals surface area contributed by atoms with Crippen molar-refractivity contribution < 1.29 is 13.7 Å². The maximum absolute atomic E-state index is 12.6. The number of nitro groups is 1. The molecule has 1 heterocycles. The third-order valence-corrected chi connectivity index (χ3v) is 2.40. The Morgan fingerprint density at radius 1 is 1.69 bits per heavy atom. The fourth-order valence-corrected chi connectivity index (χ4v) is 1.61. The molecule has 0 aliphatic heterocycles. The van der Waals surface area contributed by atoms with Gasteiger partial charge in [0.25, 0.3) is 6.43 Å². The third-order valence-electron chi connectivity index (χ3n) is 1.77. The van der Waals surface area contributed by atoms with E-state index in [2.05, 4.69) is 20.9 Å². The van der Waals surface area contributed by atoms with Crippen molar-refractivity contribution in [2.75, 3.05) is 0 Å². The van der Waals surface area contributed by atoms with Crippen LogP contribution in [0.5, 0.6) is 0 Å². The van der Waals surface area contributed by atoms with Crippen molar-refractivity contribution in [1.82, 2.24) is 4.98 Å². The van der Waals surface area contributed by atoms with Crippen LogP contribution in [0.15, 0.2) is 10.7 Å². The number of rotatable bonds is 3. The summed E-state index contributed by atoms with van der Waals surface area (Å²) in [5.41, 5.74) is -1.80. The minimum Gasteiger partial charge on any atom is -0.258 e. The Labute approximate surface area is 97.0 Å². The van der Waals surface area contributed by atoms with Crippen LogP contribution in [0, 0.1) is 21.4 Å². The molecular weight excluding hydrogens is 288 g/mol. The van der Waals surface area contributed by atoms with Gasteiger partial charge in [0.15, 0.2) is 0 Å². The third kappa shape index (κ3) is 2.30. The smallest absolute Gasteiger partial charge is 0.258 e. The molecular formula is C8H4BrF2N3O2. The average Bonchev–Trinajstić information content (AvgIpc) is 2.19. The number of pyridine rings is 1. The molecule has 0 N–H and O–H groups in total. The Bertz CT molecular complexity index is 473. The molecule has 0 saturated heterocycles. The lowest BCUT2D eigenvalue weighted by atomic mass is 10.1. The van der Waals surface area contributed by atoms with E-state index in [0.717, 1.165) is 6.20 Å². The van der Waals surface area contributed by atoms with Crippen molar-refractivity contribution in [1.29, 1.82) is 5.26 Å². The number of alkyl halides is 2. The summed E-state index contributed by atoms with van der Waals surface area (Å²) in [5.74, 6) is 0. The standard InChI is InChI=1S/C8H4BrF2N3O2/c9-4-3-13-5(1-2-12)7(14(15)16)6(4)8(10)11/h3,8H,1H2. The second-order valence-corrected chi connectivity index (χ2v) is 3.56. The van der Waals surface area contributed by atoms with Crippen LogP contribution in [0.4, 0.5) is 14.5 Å². The van der Waals surface area contributed by atoms with Crippen molar-refractivity contribution in [3.63, 3.8) is 0 Å². The lowest BCUT2D eigenvalue weighted by Crippen LogP contribution is -2.04. The first-order valence-electron chi connectivity index (χ1n) is 3.95. The van der Waals surface area contributed by atoms with Crippen molar-refractivity contribution >= 4 is 21.6 Å². The van der Waals surface area contributed by atoms with Crippen LogP contribution in [-0.2, 0) is 6.42 Å². The molecule has 0 atom stereocenters. The molecule has 0 radical (unpaired) electrons. The minimum absolute atomic E-state index is 0.143. The Morgan fingerprint density at radius 2 is 2.31 bits per heavy atom. The lowest BCUT2D eigenvalue weighted by molar-refractivity contribution is -0.387. The summed E-state index contributed by atoms with van der Waals surface area (Å²) in [6.07, 6.45) is -2.36. The molecule has 1 aromatic rings. The normalized spacial score (nSPS) is 10.2. The van der Waals surface area contributed by atoms with E-state index in [1.165, 1.54) is 0 Å². The molecule has 0 aliphatic carbocycles. The van der Waals surface area contributed by atoms with Gasteiger partial charge in [-0.05, 0) is 15.9 Å². The number of nitriles is 1. The molecule has 0 bridgehead atoms. The molecule has 5 nitrogen and oxygen atoms in total. The Hall–Kier alpha value is -1.62. The summed E-state index contributed by atoms with van der Waals surface area (Å²) in [5, 5.41) is 19.1. The van der Waals surface area contributed by atoms with Crippen LogP contribution in [0.2, 0.25) is 0 Å². The van der Waals surface area contributed by atoms with Gasteiger partial charge in [-0.2, -0.15) is 5.26 Å². The van der Waals surface area contributed by atoms with Crippen LogP contribution in [0.25, 0.3) is 0 Å². The summed E-state index contributed by atoms with van der Waals surface area (Å²) in [4.78, 5) is 13.3. The first-order valence-corrected chi connectivity index (χ1v) is 4.75. The zero-order valence-corrected chi connectivity index (χ0v) is 9.24. The molecule has 0 aromatic carbocycles. The Kier molecular flexibility index (Phi) is 3.84. The zero-order valence-electron chi connectivity index (χ0n) is 7.65. The molecule has 1 aromatic heterocycles. The topological polar surface area (TPSA) is 79.8 Å². The first-order chi connectivity index (χ1) is 7.49. The lowest BCUT2D eigenvalue weighted by Gasteiger charge is -2.06. The highest BCUT2D eigenvalue weighted by Gasteiger charge is 2.29. The van der Waals surface area contributed by atoms with E-state index in [9.17, 15) is 18.9 Å². The SMILES string of the molecule is N#CCc1ncc(Br)c(C(F)F)c1[N+](=O)[O-]. The second-order valence-electron chi connectivity index (χ2n) is 2.71. The van der Waals surface area contributed by atoms with E-state index < -0.39 is 22.6 Å². The van der Waals surface area contributed by atoms with Crippen LogP contribution >= 0.6 is 15.9 Å². The van der Waals surface area contributed by atoms with Gasteiger partial charge >= 0.3 is 5.69 Å². The van der Waals surface area contributed by atoms with Crippen molar-refractivity contribution in [3.8, 4) is 6.07 Å². The van der Waals surface area contributed by atoms with Crippen LogP contribution in [0.1, 0.15) is 17.7 Å². The van der Waals surface area contributed by atoms with Crippen LogP contribution in [0.3, 0.4) is 0 Å². The largest absolute Gasteiger partial charge is 0.301 e. The molecule has 0 spiro atoms. The summed E-state index contributed by atoms with van der Waals surface area (Å²) in [6.45, 7) is 0. The molecule has 16 heavy (non-hydrogen) atoms. The van der Waals surface area contributed by atoms with Gasteiger partial charge < -0.3 is 0 Å². The highest BCUT2D eigenvalue weighted by Crippen LogP contribution is 2.36.